The van der Waals surface area contributed by atoms with Crippen LogP contribution in [0, 0.1) is 39.4 Å². The van der Waals surface area contributed by atoms with Crippen molar-refractivity contribution in [2.75, 3.05) is 0 Å². The van der Waals surface area contributed by atoms with Crippen molar-refractivity contribution < 1.29 is 38.9 Å². The van der Waals surface area contributed by atoms with E-state index in [2.05, 4.69) is 12.2 Å². The summed E-state index contributed by atoms with van der Waals surface area (Å²) in [6, 6.07) is 17.3. The molecule has 3 unspecified atom stereocenters. The van der Waals surface area contributed by atoms with Gasteiger partial charge in [0.25, 0.3) is 0 Å². The predicted molar refractivity (Wildman–Crippen MR) is 191 cm³/mol. The number of carbonyl (C=O) groups excluding carboxylic acids is 4. The summed E-state index contributed by atoms with van der Waals surface area (Å²) >= 11 is 0. The topological polar surface area (TPSA) is 139 Å². The van der Waals surface area contributed by atoms with Gasteiger partial charge in [-0.15, -0.1) is 0 Å². The number of carbonyl (C=O) groups is 4. The molecule has 0 heterocycles. The molecular formula is C42H53NO8. The molecule has 0 radical (unpaired) electrons. The van der Waals surface area contributed by atoms with E-state index in [-0.39, 0.29) is 18.2 Å². The van der Waals surface area contributed by atoms with Gasteiger partial charge in [-0.25, -0.2) is 4.79 Å². The number of rotatable bonds is 7. The number of hydrogen-bond acceptors (Lipinski definition) is 8. The van der Waals surface area contributed by atoms with E-state index in [9.17, 15) is 29.4 Å². The molecule has 11 atom stereocenters. The minimum atomic E-state index is -1.58. The second kappa shape index (κ2) is 13.0. The van der Waals surface area contributed by atoms with E-state index in [1.807, 2.05) is 57.2 Å². The first-order valence-electron chi connectivity index (χ1n) is 18.3. The first kappa shape index (κ1) is 37.0. The molecule has 2 bridgehead atoms. The molecule has 4 aliphatic carbocycles. The molecule has 274 valence electrons. The molecule has 51 heavy (non-hydrogen) atoms. The van der Waals surface area contributed by atoms with E-state index in [1.165, 1.54) is 6.92 Å². The van der Waals surface area contributed by atoms with Crippen LogP contribution in [0.15, 0.2) is 71.8 Å². The smallest absolute Gasteiger partial charge is 0.338 e. The van der Waals surface area contributed by atoms with Gasteiger partial charge in [-0.05, 0) is 92.0 Å². The lowest BCUT2D eigenvalue weighted by Gasteiger charge is -2.69. The Labute approximate surface area is 301 Å². The number of fused-ring (bicyclic) bond motifs is 5. The van der Waals surface area contributed by atoms with Crippen molar-refractivity contribution in [1.82, 2.24) is 5.32 Å². The molecule has 0 aromatic heterocycles. The third-order valence-corrected chi connectivity index (χ3v) is 14.0. The average Bonchev–Trinajstić information content (AvgIpc) is 3.09. The van der Waals surface area contributed by atoms with Gasteiger partial charge in [0, 0.05) is 18.3 Å². The third kappa shape index (κ3) is 5.66. The Balaban J connectivity index is 1.48. The number of aliphatic hydroxyl groups is 2. The maximum absolute atomic E-state index is 14.9. The van der Waals surface area contributed by atoms with Crippen LogP contribution < -0.4 is 5.32 Å². The Kier molecular flexibility index (Phi) is 9.41. The summed E-state index contributed by atoms with van der Waals surface area (Å²) in [7, 11) is 0. The maximum atomic E-state index is 14.9. The Morgan fingerprint density at radius 1 is 0.922 bits per heavy atom. The van der Waals surface area contributed by atoms with Gasteiger partial charge >= 0.3 is 11.9 Å². The van der Waals surface area contributed by atoms with Crippen molar-refractivity contribution in [2.45, 2.75) is 112 Å². The fourth-order valence-electron chi connectivity index (χ4n) is 10.4. The van der Waals surface area contributed by atoms with Gasteiger partial charge in [-0.2, -0.15) is 0 Å². The molecule has 0 spiro atoms. The summed E-state index contributed by atoms with van der Waals surface area (Å²) in [5, 5.41) is 27.0. The zero-order valence-electron chi connectivity index (χ0n) is 31.1. The van der Waals surface area contributed by atoms with Crippen LogP contribution in [0.4, 0.5) is 0 Å². The van der Waals surface area contributed by atoms with Crippen LogP contribution in [0.5, 0.6) is 0 Å². The molecule has 4 aliphatic rings. The molecule has 9 heteroatoms. The van der Waals surface area contributed by atoms with Crippen LogP contribution in [0.3, 0.4) is 0 Å². The molecule has 2 aromatic carbocycles. The molecule has 1 amide bonds. The van der Waals surface area contributed by atoms with E-state index in [0.717, 1.165) is 18.4 Å². The van der Waals surface area contributed by atoms with Crippen molar-refractivity contribution in [3.05, 3.63) is 82.9 Å². The zero-order chi connectivity index (χ0) is 37.3. The van der Waals surface area contributed by atoms with E-state index in [0.29, 0.717) is 23.1 Å². The van der Waals surface area contributed by atoms with Crippen LogP contribution in [-0.4, -0.2) is 58.3 Å². The molecule has 0 saturated heterocycles. The van der Waals surface area contributed by atoms with E-state index in [1.54, 1.807) is 45.0 Å². The number of esters is 2. The first-order chi connectivity index (χ1) is 23.9. The quantitative estimate of drug-likeness (QED) is 0.232. The molecular weight excluding hydrogens is 646 g/mol. The van der Waals surface area contributed by atoms with E-state index < -0.39 is 81.7 Å². The fraction of sp³-hybridized carbons (Fsp3) is 0.571. The minimum absolute atomic E-state index is 0.109. The number of Topliss-reactive ketones (excluding diaryl/α,β-unsaturated/α-hetero) is 1. The molecule has 3 fully saturated rings. The largest absolute Gasteiger partial charge is 0.458 e. The Hall–Kier alpha value is -3.82. The number of hydrogen-bond donors (Lipinski definition) is 3. The van der Waals surface area contributed by atoms with Crippen LogP contribution >= 0.6 is 0 Å². The summed E-state index contributed by atoms with van der Waals surface area (Å²) in [6.45, 7) is 14.7. The van der Waals surface area contributed by atoms with Gasteiger partial charge in [-0.3, -0.25) is 14.4 Å². The molecule has 3 N–H and O–H groups in total. The highest BCUT2D eigenvalue weighted by molar-refractivity contribution is 5.94. The van der Waals surface area contributed by atoms with Gasteiger partial charge in [0.1, 0.15) is 18.3 Å². The number of amides is 1. The number of benzene rings is 2. The lowest BCUT2D eigenvalue weighted by atomic mass is 9.36. The van der Waals surface area contributed by atoms with E-state index >= 15 is 0 Å². The van der Waals surface area contributed by atoms with Crippen molar-refractivity contribution >= 4 is 23.6 Å². The summed E-state index contributed by atoms with van der Waals surface area (Å²) in [5.41, 5.74) is -1.68. The summed E-state index contributed by atoms with van der Waals surface area (Å²) in [6.07, 6.45) is -2.07. The molecule has 3 saturated carbocycles. The van der Waals surface area contributed by atoms with Crippen LogP contribution in [0.25, 0.3) is 0 Å². The number of ether oxygens (including phenoxy) is 2. The lowest BCUT2D eigenvalue weighted by Crippen LogP contribution is -2.72. The van der Waals surface area contributed by atoms with Gasteiger partial charge in [0.15, 0.2) is 5.78 Å². The maximum Gasteiger partial charge on any atom is 0.338 e. The van der Waals surface area contributed by atoms with Crippen molar-refractivity contribution in [3.8, 4) is 0 Å². The SMILES string of the molecule is CC(=O)N[C@@H](c1ccccc1)[C@@H](C)C(=O)O[C@H]1C[C@@]2(C)[C@@H](OC(=O)c3ccccc3)C3C(C)(C(=O)[C@H](O)C(=C1C)C2(C)C)[C@@H](O)CC1CC[C@]13C. The van der Waals surface area contributed by atoms with Gasteiger partial charge in [0.2, 0.25) is 5.91 Å². The standard InChI is InChI=1S/C42H53NO8/c1-23-29(50-37(48)24(2)32(43-25(3)44)26-15-11-9-12-16-26)22-41(7)36(51-38(49)27-17-13-10-14-18-27)34-40(6)20-19-28(40)21-30(45)42(34,8)35(47)33(46)31(23)39(41,4)5/h9-18,24,28-30,32-34,36,45-46H,19-22H2,1-8H3,(H,43,44)/t24-,28?,29+,30+,32-,33-,34?,36+,40-,41+,42?/m1/s1. The summed E-state index contributed by atoms with van der Waals surface area (Å²) < 4.78 is 13.1. The first-order valence-corrected chi connectivity index (χ1v) is 18.3. The van der Waals surface area contributed by atoms with Gasteiger partial charge in [-0.1, -0.05) is 76.2 Å². The second-order valence-corrected chi connectivity index (χ2v) is 16.9. The van der Waals surface area contributed by atoms with Crippen molar-refractivity contribution in [1.29, 1.82) is 0 Å². The number of nitrogens with one attached hydrogen (secondary N) is 1. The number of ketones is 1. The third-order valence-electron chi connectivity index (χ3n) is 14.0. The Morgan fingerprint density at radius 2 is 1.53 bits per heavy atom. The van der Waals surface area contributed by atoms with Gasteiger partial charge < -0.3 is 25.0 Å². The van der Waals surface area contributed by atoms with Crippen molar-refractivity contribution in [3.63, 3.8) is 0 Å². The van der Waals surface area contributed by atoms with Gasteiger partial charge in [0.05, 0.1) is 29.0 Å². The highest BCUT2D eigenvalue weighted by atomic mass is 16.6. The van der Waals surface area contributed by atoms with E-state index in [4.69, 9.17) is 9.47 Å². The molecule has 0 aliphatic heterocycles. The zero-order valence-corrected chi connectivity index (χ0v) is 31.1. The molecule has 6 rings (SSSR count). The fourth-order valence-corrected chi connectivity index (χ4v) is 10.4. The highest BCUT2D eigenvalue weighted by Gasteiger charge is 2.73. The molecule has 2 aromatic rings. The van der Waals surface area contributed by atoms with Crippen LogP contribution in [-0.2, 0) is 23.9 Å². The van der Waals surface area contributed by atoms with Crippen LogP contribution in [0.2, 0.25) is 0 Å². The summed E-state index contributed by atoms with van der Waals surface area (Å²) in [4.78, 5) is 55.4. The second-order valence-electron chi connectivity index (χ2n) is 16.9. The highest BCUT2D eigenvalue weighted by Crippen LogP contribution is 2.71. The van der Waals surface area contributed by atoms with Crippen LogP contribution in [0.1, 0.15) is 103 Å². The number of aliphatic hydroxyl groups excluding tert-OH is 2. The Bertz CT molecular complexity index is 1740. The predicted octanol–water partition coefficient (Wildman–Crippen LogP) is 6.14. The molecule has 9 nitrogen and oxygen atoms in total. The minimum Gasteiger partial charge on any atom is -0.458 e. The summed E-state index contributed by atoms with van der Waals surface area (Å²) in [5.74, 6) is -3.20. The average molecular weight is 700 g/mol. The van der Waals surface area contributed by atoms with Crippen molar-refractivity contribution in [2.24, 2.45) is 39.4 Å². The lowest BCUT2D eigenvalue weighted by molar-refractivity contribution is -0.246. The Morgan fingerprint density at radius 3 is 2.10 bits per heavy atom. The normalized spacial score (nSPS) is 36.5. The monoisotopic (exact) mass is 699 g/mol.